The molecular formula is C13H24N2O3. The lowest BCUT2D eigenvalue weighted by atomic mass is 9.86. The van der Waals surface area contributed by atoms with Gasteiger partial charge < -0.3 is 16.2 Å². The molecule has 0 heterocycles. The van der Waals surface area contributed by atoms with Gasteiger partial charge in [0.25, 0.3) is 0 Å². The Morgan fingerprint density at radius 1 is 1.33 bits per heavy atom. The van der Waals surface area contributed by atoms with Crippen LogP contribution in [0.1, 0.15) is 45.4 Å². The zero-order chi connectivity index (χ0) is 13.5. The fourth-order valence-electron chi connectivity index (χ4n) is 2.27. The minimum Gasteiger partial charge on any atom is -0.481 e. The summed E-state index contributed by atoms with van der Waals surface area (Å²) in [5.74, 6) is -0.913. The van der Waals surface area contributed by atoms with Gasteiger partial charge >= 0.3 is 5.97 Å². The number of aliphatic carboxylic acids is 1. The van der Waals surface area contributed by atoms with Crippen molar-refractivity contribution in [3.8, 4) is 0 Å². The molecule has 5 heteroatoms. The second kappa shape index (κ2) is 7.36. The van der Waals surface area contributed by atoms with Gasteiger partial charge in [-0.05, 0) is 38.5 Å². The van der Waals surface area contributed by atoms with Crippen LogP contribution in [0.25, 0.3) is 0 Å². The highest BCUT2D eigenvalue weighted by atomic mass is 16.4. The van der Waals surface area contributed by atoms with Gasteiger partial charge in [0.05, 0.1) is 5.92 Å². The van der Waals surface area contributed by atoms with Crippen molar-refractivity contribution in [3.05, 3.63) is 0 Å². The molecule has 1 saturated carbocycles. The Labute approximate surface area is 108 Å². The van der Waals surface area contributed by atoms with E-state index in [1.54, 1.807) is 6.92 Å². The van der Waals surface area contributed by atoms with Gasteiger partial charge in [-0.25, -0.2) is 0 Å². The Bertz CT molecular complexity index is 286. The zero-order valence-corrected chi connectivity index (χ0v) is 11.0. The van der Waals surface area contributed by atoms with E-state index in [0.717, 1.165) is 25.7 Å². The predicted molar refractivity (Wildman–Crippen MR) is 69.0 cm³/mol. The molecule has 1 rings (SSSR count). The van der Waals surface area contributed by atoms with Crippen molar-refractivity contribution < 1.29 is 14.7 Å². The minimum atomic E-state index is -0.775. The summed E-state index contributed by atoms with van der Waals surface area (Å²) >= 11 is 0. The first-order valence-corrected chi connectivity index (χ1v) is 6.76. The van der Waals surface area contributed by atoms with Crippen LogP contribution in [0.5, 0.6) is 0 Å². The van der Waals surface area contributed by atoms with Gasteiger partial charge in [-0.15, -0.1) is 0 Å². The van der Waals surface area contributed by atoms with Crippen LogP contribution in [-0.4, -0.2) is 29.6 Å². The van der Waals surface area contributed by atoms with Crippen molar-refractivity contribution in [2.75, 3.05) is 6.54 Å². The number of hydrogen-bond donors (Lipinski definition) is 3. The molecule has 0 aromatic heterocycles. The summed E-state index contributed by atoms with van der Waals surface area (Å²) < 4.78 is 0. The lowest BCUT2D eigenvalue weighted by Gasteiger charge is -2.25. The maximum atomic E-state index is 11.8. The summed E-state index contributed by atoms with van der Waals surface area (Å²) in [6.45, 7) is 2.26. The van der Waals surface area contributed by atoms with Crippen LogP contribution >= 0.6 is 0 Å². The Kier molecular flexibility index (Phi) is 6.12. The molecule has 5 nitrogen and oxygen atoms in total. The summed E-state index contributed by atoms with van der Waals surface area (Å²) in [5.41, 5.74) is 5.79. The van der Waals surface area contributed by atoms with E-state index in [1.807, 2.05) is 0 Å². The highest BCUT2D eigenvalue weighted by Gasteiger charge is 2.24. The van der Waals surface area contributed by atoms with Crippen LogP contribution in [0.15, 0.2) is 0 Å². The topological polar surface area (TPSA) is 92.4 Å². The quantitative estimate of drug-likeness (QED) is 0.621. The van der Waals surface area contributed by atoms with Crippen molar-refractivity contribution in [2.45, 2.75) is 51.5 Å². The third kappa shape index (κ3) is 5.04. The van der Waals surface area contributed by atoms with Gasteiger partial charge in [0, 0.05) is 18.5 Å². The normalized spacial score (nSPS) is 25.4. The largest absolute Gasteiger partial charge is 0.481 e. The van der Waals surface area contributed by atoms with Crippen LogP contribution in [0.2, 0.25) is 0 Å². The Morgan fingerprint density at radius 3 is 2.50 bits per heavy atom. The van der Waals surface area contributed by atoms with E-state index in [1.165, 1.54) is 0 Å². The fraction of sp³-hybridized carbons (Fsp3) is 0.846. The Hall–Kier alpha value is -1.10. The molecular weight excluding hydrogens is 232 g/mol. The lowest BCUT2D eigenvalue weighted by molar-refractivity contribution is -0.141. The maximum Gasteiger partial charge on any atom is 0.306 e. The number of amides is 1. The zero-order valence-electron chi connectivity index (χ0n) is 11.0. The van der Waals surface area contributed by atoms with Crippen LogP contribution in [-0.2, 0) is 9.59 Å². The average Bonchev–Trinajstić information content (AvgIpc) is 2.34. The molecule has 1 aliphatic carbocycles. The van der Waals surface area contributed by atoms with Crippen LogP contribution in [0.3, 0.4) is 0 Å². The first-order chi connectivity index (χ1) is 8.50. The molecule has 0 aliphatic heterocycles. The van der Waals surface area contributed by atoms with E-state index in [4.69, 9.17) is 10.8 Å². The summed E-state index contributed by atoms with van der Waals surface area (Å²) in [6.07, 6.45) is 4.91. The molecule has 1 atom stereocenters. The van der Waals surface area contributed by atoms with Gasteiger partial charge in [0.15, 0.2) is 0 Å². The molecule has 104 valence electrons. The second-order valence-electron chi connectivity index (χ2n) is 5.28. The molecule has 0 radical (unpaired) electrons. The summed E-state index contributed by atoms with van der Waals surface area (Å²) in [6, 6.07) is 0.255. The van der Waals surface area contributed by atoms with Crippen LogP contribution in [0.4, 0.5) is 0 Å². The molecule has 0 bridgehead atoms. The standard InChI is InChI=1S/C13H24N2O3/c1-9(13(17)18)3-2-8-15-12(16)10-4-6-11(14)7-5-10/h9-11H,2-8,14H2,1H3,(H,15,16)(H,17,18). The summed E-state index contributed by atoms with van der Waals surface area (Å²) in [7, 11) is 0. The Balaban J connectivity index is 2.12. The first kappa shape index (κ1) is 15.0. The lowest BCUT2D eigenvalue weighted by Crippen LogP contribution is -2.36. The molecule has 1 fully saturated rings. The summed E-state index contributed by atoms with van der Waals surface area (Å²) in [5, 5.41) is 11.6. The van der Waals surface area contributed by atoms with Crippen molar-refractivity contribution in [3.63, 3.8) is 0 Å². The monoisotopic (exact) mass is 256 g/mol. The number of rotatable bonds is 6. The SMILES string of the molecule is CC(CCCNC(=O)C1CCC(N)CC1)C(=O)O. The van der Waals surface area contributed by atoms with Crippen molar-refractivity contribution in [2.24, 2.45) is 17.6 Å². The van der Waals surface area contributed by atoms with Crippen LogP contribution < -0.4 is 11.1 Å². The molecule has 18 heavy (non-hydrogen) atoms. The minimum absolute atomic E-state index is 0.0988. The van der Waals surface area contributed by atoms with E-state index >= 15 is 0 Å². The molecule has 1 aliphatic rings. The molecule has 1 unspecified atom stereocenters. The molecule has 0 saturated heterocycles. The van der Waals surface area contributed by atoms with Gasteiger partial charge in [0.2, 0.25) is 5.91 Å². The van der Waals surface area contributed by atoms with E-state index in [2.05, 4.69) is 5.32 Å². The average molecular weight is 256 g/mol. The number of nitrogens with one attached hydrogen (secondary N) is 1. The predicted octanol–water partition coefficient (Wildman–Crippen LogP) is 1.12. The molecule has 0 spiro atoms. The van der Waals surface area contributed by atoms with Gasteiger partial charge in [-0.3, -0.25) is 9.59 Å². The second-order valence-corrected chi connectivity index (χ2v) is 5.28. The van der Waals surface area contributed by atoms with E-state index in [9.17, 15) is 9.59 Å². The molecule has 0 aromatic rings. The molecule has 0 aromatic carbocycles. The van der Waals surface area contributed by atoms with Crippen molar-refractivity contribution >= 4 is 11.9 Å². The third-order valence-corrected chi connectivity index (χ3v) is 3.68. The highest BCUT2D eigenvalue weighted by Crippen LogP contribution is 2.23. The number of carboxylic acid groups (broad SMARTS) is 1. The van der Waals surface area contributed by atoms with Gasteiger partial charge in [-0.1, -0.05) is 6.92 Å². The number of carbonyl (C=O) groups is 2. The number of carbonyl (C=O) groups excluding carboxylic acids is 1. The van der Waals surface area contributed by atoms with Crippen LogP contribution in [0, 0.1) is 11.8 Å². The molecule has 1 amide bonds. The Morgan fingerprint density at radius 2 is 1.94 bits per heavy atom. The van der Waals surface area contributed by atoms with Crippen molar-refractivity contribution in [1.29, 1.82) is 0 Å². The number of nitrogens with two attached hydrogens (primary N) is 1. The highest BCUT2D eigenvalue weighted by molar-refractivity contribution is 5.78. The fourth-order valence-corrected chi connectivity index (χ4v) is 2.27. The third-order valence-electron chi connectivity index (χ3n) is 3.68. The van der Waals surface area contributed by atoms with Crippen molar-refractivity contribution in [1.82, 2.24) is 5.32 Å². The summed E-state index contributed by atoms with van der Waals surface area (Å²) in [4.78, 5) is 22.4. The number of carboxylic acids is 1. The number of hydrogen-bond acceptors (Lipinski definition) is 3. The van der Waals surface area contributed by atoms with E-state index in [0.29, 0.717) is 19.4 Å². The molecule has 4 N–H and O–H groups in total. The first-order valence-electron chi connectivity index (χ1n) is 6.76. The smallest absolute Gasteiger partial charge is 0.306 e. The van der Waals surface area contributed by atoms with Gasteiger partial charge in [-0.2, -0.15) is 0 Å². The van der Waals surface area contributed by atoms with E-state index < -0.39 is 5.97 Å². The maximum absolute atomic E-state index is 11.8. The van der Waals surface area contributed by atoms with E-state index in [-0.39, 0.29) is 23.8 Å². The van der Waals surface area contributed by atoms with Gasteiger partial charge in [0.1, 0.15) is 0 Å².